The molecule has 0 spiro atoms. The predicted molar refractivity (Wildman–Crippen MR) is 103 cm³/mol. The maximum absolute atomic E-state index is 14.4. The van der Waals surface area contributed by atoms with E-state index < -0.39 is 29.6 Å². The third-order valence-electron chi connectivity index (χ3n) is 5.13. The number of piperidine rings is 1. The van der Waals surface area contributed by atoms with Crippen LogP contribution in [0, 0.1) is 5.82 Å². The Morgan fingerprint density at radius 2 is 2.07 bits per heavy atom. The topological polar surface area (TPSA) is 87.7 Å². The molecule has 0 saturated carbocycles. The monoisotopic (exact) mass is 398 g/mol. The highest BCUT2D eigenvalue weighted by Crippen LogP contribution is 2.32. The van der Waals surface area contributed by atoms with Gasteiger partial charge in [-0.05, 0) is 24.6 Å². The lowest BCUT2D eigenvalue weighted by atomic mass is 10.0. The molecule has 1 atom stereocenters. The van der Waals surface area contributed by atoms with Crippen LogP contribution in [-0.2, 0) is 22.7 Å². The number of anilines is 1. The van der Waals surface area contributed by atoms with Gasteiger partial charge in [-0.3, -0.25) is 19.7 Å². The number of carbonyl (C=O) groups excluding carboxylic acids is 3. The first-order chi connectivity index (χ1) is 14.3. The molecule has 2 aliphatic heterocycles. The molecule has 0 bridgehead atoms. The van der Waals surface area contributed by atoms with Gasteiger partial charge in [0, 0.05) is 41.9 Å². The molecule has 7 nitrogen and oxygen atoms in total. The van der Waals surface area contributed by atoms with Crippen molar-refractivity contribution < 1.29 is 24.9 Å². The Kier molecular flexibility index (Phi) is 4.59. The summed E-state index contributed by atoms with van der Waals surface area (Å²) in [5.74, 6) is -2.02. The molecule has 150 valence electrons. The first-order valence-corrected chi connectivity index (χ1v) is 9.18. The fourth-order valence-electron chi connectivity index (χ4n) is 3.62. The molecule has 1 saturated heterocycles. The summed E-state index contributed by atoms with van der Waals surface area (Å²) in [5, 5.41) is 5.28. The van der Waals surface area contributed by atoms with Crippen molar-refractivity contribution in [3.05, 3.63) is 58.9 Å². The zero-order chi connectivity index (χ0) is 21.5. The lowest BCUT2D eigenvalue weighted by molar-refractivity contribution is -0.136. The normalized spacial score (nSPS) is 21.5. The van der Waals surface area contributed by atoms with E-state index in [0.717, 1.165) is 0 Å². The second-order valence-corrected chi connectivity index (χ2v) is 6.83. The van der Waals surface area contributed by atoms with E-state index >= 15 is 0 Å². The highest BCUT2D eigenvalue weighted by Gasteiger charge is 2.39. The summed E-state index contributed by atoms with van der Waals surface area (Å²) in [6, 6.07) is 8.08. The minimum absolute atomic E-state index is 0.00438. The number of rotatable bonds is 5. The van der Waals surface area contributed by atoms with E-state index in [1.807, 2.05) is 0 Å². The molecule has 2 N–H and O–H groups in total. The quantitative estimate of drug-likeness (QED) is 0.754. The minimum Gasteiger partial charge on any atom is -0.494 e. The fourth-order valence-corrected chi connectivity index (χ4v) is 3.62. The van der Waals surface area contributed by atoms with Gasteiger partial charge < -0.3 is 15.0 Å². The number of imide groups is 1. The molecular formula is C21H20FN3O4. The molecule has 3 amide bonds. The third kappa shape index (κ3) is 3.41. The van der Waals surface area contributed by atoms with Crippen molar-refractivity contribution in [3.63, 3.8) is 0 Å². The molecule has 4 rings (SSSR count). The number of fused-ring (bicyclic) bond motifs is 1. The first kappa shape index (κ1) is 17.7. The van der Waals surface area contributed by atoms with Crippen LogP contribution in [0.3, 0.4) is 0 Å². The van der Waals surface area contributed by atoms with Crippen LogP contribution in [0.1, 0.15) is 35.7 Å². The van der Waals surface area contributed by atoms with Gasteiger partial charge in [-0.15, -0.1) is 0 Å². The fraction of sp³-hybridized carbons (Fsp3) is 0.286. The summed E-state index contributed by atoms with van der Waals surface area (Å²) < 4.78 is 28.0. The van der Waals surface area contributed by atoms with Crippen LogP contribution in [-0.4, -0.2) is 35.7 Å². The molecule has 0 unspecified atom stereocenters. The Morgan fingerprint density at radius 3 is 2.83 bits per heavy atom. The van der Waals surface area contributed by atoms with E-state index in [1.165, 1.54) is 18.1 Å². The van der Waals surface area contributed by atoms with Crippen LogP contribution in [0.4, 0.5) is 10.1 Å². The molecule has 2 aliphatic rings. The standard InChI is InChI=1S/C21H20FN3O4/c1-29-17-7-2-4-12(19(17)22)10-23-15-6-3-5-13-14(15)11-25(21(13)28)16-8-9-18(26)24-20(16)27/h2-7,16,23H,8-11H2,1H3,(H,24,26,27)/t16-/m1/s1/i16D. The molecule has 29 heavy (non-hydrogen) atoms. The number of carbonyl (C=O) groups is 3. The van der Waals surface area contributed by atoms with E-state index in [0.29, 0.717) is 22.4 Å². The number of amides is 3. The third-order valence-corrected chi connectivity index (χ3v) is 5.13. The summed E-state index contributed by atoms with van der Waals surface area (Å²) in [4.78, 5) is 37.9. The Morgan fingerprint density at radius 1 is 1.28 bits per heavy atom. The van der Waals surface area contributed by atoms with Gasteiger partial charge in [0.2, 0.25) is 11.8 Å². The molecule has 0 aromatic heterocycles. The zero-order valence-corrected chi connectivity index (χ0v) is 15.8. The van der Waals surface area contributed by atoms with Crippen molar-refractivity contribution in [2.24, 2.45) is 0 Å². The number of halogens is 1. The summed E-state index contributed by atoms with van der Waals surface area (Å²) in [6.07, 6.45) is -0.0647. The van der Waals surface area contributed by atoms with Crippen molar-refractivity contribution in [1.82, 2.24) is 10.2 Å². The zero-order valence-electron chi connectivity index (χ0n) is 16.8. The number of benzene rings is 2. The van der Waals surface area contributed by atoms with Gasteiger partial charge in [0.25, 0.3) is 5.91 Å². The largest absolute Gasteiger partial charge is 0.494 e. The SMILES string of the molecule is [2H][C@@]1(N2Cc3c(NCc4cccc(OC)c4F)cccc3C2=O)CCC(=O)NC1=O. The van der Waals surface area contributed by atoms with E-state index in [2.05, 4.69) is 10.6 Å². The average Bonchev–Trinajstić information content (AvgIpc) is 3.08. The maximum atomic E-state index is 14.4. The number of hydrogen-bond acceptors (Lipinski definition) is 5. The molecule has 2 heterocycles. The van der Waals surface area contributed by atoms with Crippen LogP contribution in [0.15, 0.2) is 36.4 Å². The second kappa shape index (κ2) is 7.54. The van der Waals surface area contributed by atoms with E-state index in [9.17, 15) is 18.8 Å². The Hall–Kier alpha value is -3.42. The summed E-state index contributed by atoms with van der Waals surface area (Å²) in [6.45, 7) is 0.206. The highest BCUT2D eigenvalue weighted by atomic mass is 19.1. The molecule has 2 aromatic rings. The summed E-state index contributed by atoms with van der Waals surface area (Å²) in [5.41, 5.74) is 2.02. The van der Waals surface area contributed by atoms with E-state index in [-0.39, 0.29) is 31.7 Å². The van der Waals surface area contributed by atoms with Crippen LogP contribution in [0.5, 0.6) is 5.75 Å². The van der Waals surface area contributed by atoms with E-state index in [1.54, 1.807) is 30.3 Å². The van der Waals surface area contributed by atoms with Crippen molar-refractivity contribution in [1.29, 1.82) is 0 Å². The lowest BCUT2D eigenvalue weighted by Gasteiger charge is -2.29. The van der Waals surface area contributed by atoms with Gasteiger partial charge in [-0.2, -0.15) is 0 Å². The Balaban J connectivity index is 1.58. The first-order valence-electron chi connectivity index (χ1n) is 9.68. The van der Waals surface area contributed by atoms with Gasteiger partial charge >= 0.3 is 0 Å². The molecule has 2 aromatic carbocycles. The van der Waals surface area contributed by atoms with Crippen LogP contribution in [0.25, 0.3) is 0 Å². The van der Waals surface area contributed by atoms with Crippen molar-refractivity contribution in [3.8, 4) is 5.75 Å². The van der Waals surface area contributed by atoms with Crippen molar-refractivity contribution >= 4 is 23.4 Å². The number of hydrogen-bond donors (Lipinski definition) is 2. The van der Waals surface area contributed by atoms with Gasteiger partial charge in [0.15, 0.2) is 11.6 Å². The van der Waals surface area contributed by atoms with Gasteiger partial charge in [-0.25, -0.2) is 4.39 Å². The number of nitrogens with zero attached hydrogens (tertiary/aromatic N) is 1. The number of methoxy groups -OCH3 is 1. The molecule has 0 radical (unpaired) electrons. The van der Waals surface area contributed by atoms with Gasteiger partial charge in [0.05, 0.1) is 8.48 Å². The average molecular weight is 398 g/mol. The predicted octanol–water partition coefficient (Wildman–Crippen LogP) is 2.21. The Bertz CT molecular complexity index is 1060. The van der Waals surface area contributed by atoms with Gasteiger partial charge in [0.1, 0.15) is 6.02 Å². The lowest BCUT2D eigenvalue weighted by Crippen LogP contribution is -2.52. The number of ether oxygens (including phenoxy) is 1. The van der Waals surface area contributed by atoms with Crippen LogP contribution >= 0.6 is 0 Å². The second-order valence-electron chi connectivity index (χ2n) is 6.83. The molecule has 1 fully saturated rings. The molecule has 8 heteroatoms. The Labute approximate surface area is 168 Å². The van der Waals surface area contributed by atoms with Crippen molar-refractivity contribution in [2.75, 3.05) is 12.4 Å². The van der Waals surface area contributed by atoms with Crippen LogP contribution in [0.2, 0.25) is 0 Å². The summed E-state index contributed by atoms with van der Waals surface area (Å²) in [7, 11) is 1.39. The molecule has 0 aliphatic carbocycles. The maximum Gasteiger partial charge on any atom is 0.255 e. The smallest absolute Gasteiger partial charge is 0.255 e. The summed E-state index contributed by atoms with van der Waals surface area (Å²) >= 11 is 0. The van der Waals surface area contributed by atoms with Crippen molar-refractivity contribution in [2.45, 2.75) is 31.9 Å². The number of nitrogens with one attached hydrogen (secondary N) is 2. The van der Waals surface area contributed by atoms with Gasteiger partial charge in [-0.1, -0.05) is 18.2 Å². The van der Waals surface area contributed by atoms with Crippen LogP contribution < -0.4 is 15.4 Å². The highest BCUT2D eigenvalue weighted by molar-refractivity contribution is 6.06. The molecular weight excluding hydrogens is 377 g/mol. The minimum atomic E-state index is -1.85. The van der Waals surface area contributed by atoms with E-state index in [4.69, 9.17) is 6.11 Å².